The van der Waals surface area contributed by atoms with Gasteiger partial charge in [0.25, 0.3) is 0 Å². The molecule has 0 saturated heterocycles. The molecule has 3 rings (SSSR count). The second-order valence-electron chi connectivity index (χ2n) is 5.96. The highest BCUT2D eigenvalue weighted by Gasteiger charge is 2.10. The van der Waals surface area contributed by atoms with E-state index < -0.39 is 0 Å². The number of nitrogens with one attached hydrogen (secondary N) is 1. The maximum atomic E-state index is 13.6. The summed E-state index contributed by atoms with van der Waals surface area (Å²) in [6.07, 6.45) is 1.61. The van der Waals surface area contributed by atoms with E-state index in [1.165, 1.54) is 17.8 Å². The first kappa shape index (κ1) is 21.2. The zero-order valence-corrected chi connectivity index (χ0v) is 17.5. The van der Waals surface area contributed by atoms with Crippen LogP contribution in [0, 0.1) is 5.82 Å². The molecule has 0 saturated carbocycles. The van der Waals surface area contributed by atoms with Gasteiger partial charge in [0.05, 0.1) is 12.9 Å². The van der Waals surface area contributed by atoms with Gasteiger partial charge in [0.1, 0.15) is 17.9 Å². The SMILES string of the molecule is COc1ccc(-n2cnnc2SCC(=O)NCCSCc2ccccc2F)cc1. The average Bonchev–Trinajstić information content (AvgIpc) is 3.22. The van der Waals surface area contributed by atoms with Crippen molar-refractivity contribution in [2.75, 3.05) is 25.2 Å². The number of methoxy groups -OCH3 is 1. The summed E-state index contributed by atoms with van der Waals surface area (Å²) in [4.78, 5) is 12.1. The third kappa shape index (κ3) is 6.23. The Hall–Kier alpha value is -2.52. The van der Waals surface area contributed by atoms with E-state index in [1.54, 1.807) is 37.3 Å². The Bertz CT molecular complexity index is 934. The summed E-state index contributed by atoms with van der Waals surface area (Å²) in [6.45, 7) is 0.531. The topological polar surface area (TPSA) is 69.0 Å². The lowest BCUT2D eigenvalue weighted by Gasteiger charge is -2.08. The van der Waals surface area contributed by atoms with Crippen LogP contribution in [0.25, 0.3) is 5.69 Å². The Morgan fingerprint density at radius 2 is 2.00 bits per heavy atom. The average molecular weight is 433 g/mol. The Kier molecular flexibility index (Phi) is 7.94. The molecule has 0 aliphatic carbocycles. The predicted molar refractivity (Wildman–Crippen MR) is 114 cm³/mol. The molecule has 2 aromatic carbocycles. The minimum atomic E-state index is -0.193. The first-order chi connectivity index (χ1) is 14.2. The normalized spacial score (nSPS) is 10.7. The van der Waals surface area contributed by atoms with Gasteiger partial charge < -0.3 is 10.1 Å². The largest absolute Gasteiger partial charge is 0.497 e. The Balaban J connectivity index is 1.40. The number of amides is 1. The van der Waals surface area contributed by atoms with Crippen molar-refractivity contribution in [2.24, 2.45) is 0 Å². The molecule has 0 atom stereocenters. The lowest BCUT2D eigenvalue weighted by molar-refractivity contribution is -0.118. The van der Waals surface area contributed by atoms with Crippen LogP contribution in [0.15, 0.2) is 60.0 Å². The second-order valence-corrected chi connectivity index (χ2v) is 8.01. The highest BCUT2D eigenvalue weighted by atomic mass is 32.2. The number of rotatable bonds is 10. The van der Waals surface area contributed by atoms with Crippen molar-refractivity contribution in [3.8, 4) is 11.4 Å². The van der Waals surface area contributed by atoms with Crippen LogP contribution in [-0.2, 0) is 10.5 Å². The molecule has 0 spiro atoms. The molecule has 1 amide bonds. The van der Waals surface area contributed by atoms with Crippen molar-refractivity contribution >= 4 is 29.4 Å². The van der Waals surface area contributed by atoms with Crippen molar-refractivity contribution in [3.63, 3.8) is 0 Å². The fourth-order valence-electron chi connectivity index (χ4n) is 2.48. The number of ether oxygens (including phenoxy) is 1. The molecule has 29 heavy (non-hydrogen) atoms. The molecule has 0 unspecified atom stereocenters. The van der Waals surface area contributed by atoms with Crippen LogP contribution in [0.2, 0.25) is 0 Å². The fourth-order valence-corrected chi connectivity index (χ4v) is 4.09. The molecule has 0 bridgehead atoms. The maximum Gasteiger partial charge on any atom is 0.230 e. The van der Waals surface area contributed by atoms with Gasteiger partial charge >= 0.3 is 0 Å². The molecule has 0 radical (unpaired) electrons. The molecule has 1 N–H and O–H groups in total. The van der Waals surface area contributed by atoms with Gasteiger partial charge in [-0.25, -0.2) is 4.39 Å². The summed E-state index contributed by atoms with van der Waals surface area (Å²) in [5.41, 5.74) is 1.57. The highest BCUT2D eigenvalue weighted by molar-refractivity contribution is 7.99. The van der Waals surface area contributed by atoms with Crippen LogP contribution in [0.3, 0.4) is 0 Å². The molecular formula is C20H21FN4O2S2. The fraction of sp³-hybridized carbons (Fsp3) is 0.250. The third-order valence-corrected chi connectivity index (χ3v) is 5.93. The number of aromatic nitrogens is 3. The summed E-state index contributed by atoms with van der Waals surface area (Å²) < 4.78 is 20.5. The summed E-state index contributed by atoms with van der Waals surface area (Å²) in [5, 5.41) is 11.5. The van der Waals surface area contributed by atoms with Crippen molar-refractivity contribution < 1.29 is 13.9 Å². The number of hydrogen-bond acceptors (Lipinski definition) is 6. The van der Waals surface area contributed by atoms with Crippen LogP contribution in [0.4, 0.5) is 4.39 Å². The van der Waals surface area contributed by atoms with Crippen LogP contribution >= 0.6 is 23.5 Å². The zero-order chi connectivity index (χ0) is 20.5. The van der Waals surface area contributed by atoms with Crippen molar-refractivity contribution in [1.29, 1.82) is 0 Å². The molecule has 0 aliphatic heterocycles. The summed E-state index contributed by atoms with van der Waals surface area (Å²) >= 11 is 2.90. The van der Waals surface area contributed by atoms with Crippen LogP contribution in [-0.4, -0.2) is 45.8 Å². The van der Waals surface area contributed by atoms with E-state index in [9.17, 15) is 9.18 Å². The number of benzene rings is 2. The lowest BCUT2D eigenvalue weighted by atomic mass is 10.2. The van der Waals surface area contributed by atoms with Gasteiger partial charge in [-0.2, -0.15) is 11.8 Å². The van der Waals surface area contributed by atoms with Gasteiger partial charge in [-0.1, -0.05) is 30.0 Å². The minimum Gasteiger partial charge on any atom is -0.497 e. The van der Waals surface area contributed by atoms with E-state index in [2.05, 4.69) is 15.5 Å². The van der Waals surface area contributed by atoms with Crippen LogP contribution in [0.1, 0.15) is 5.56 Å². The molecule has 3 aromatic rings. The standard InChI is InChI=1S/C20H21FN4O2S2/c1-27-17-8-6-16(7-9-17)25-14-23-24-20(25)29-13-19(26)22-10-11-28-12-15-4-2-3-5-18(15)21/h2-9,14H,10-13H2,1H3,(H,22,26). The van der Waals surface area contributed by atoms with Gasteiger partial charge in [0, 0.05) is 23.7 Å². The summed E-state index contributed by atoms with van der Waals surface area (Å²) in [5.74, 6) is 2.04. The van der Waals surface area contributed by atoms with Crippen molar-refractivity contribution in [2.45, 2.75) is 10.9 Å². The Morgan fingerprint density at radius 1 is 1.21 bits per heavy atom. The van der Waals surface area contributed by atoms with E-state index in [-0.39, 0.29) is 17.5 Å². The van der Waals surface area contributed by atoms with Crippen LogP contribution in [0.5, 0.6) is 5.75 Å². The number of nitrogens with zero attached hydrogens (tertiary/aromatic N) is 3. The zero-order valence-electron chi connectivity index (χ0n) is 15.9. The van der Waals surface area contributed by atoms with Crippen molar-refractivity contribution in [3.05, 3.63) is 66.2 Å². The second kappa shape index (κ2) is 10.9. The molecule has 0 fully saturated rings. The molecular weight excluding hydrogens is 411 g/mol. The number of carbonyl (C=O) groups is 1. The minimum absolute atomic E-state index is 0.0780. The number of carbonyl (C=O) groups excluding carboxylic acids is 1. The molecule has 1 heterocycles. The first-order valence-electron chi connectivity index (χ1n) is 8.92. The summed E-state index contributed by atoms with van der Waals surface area (Å²) in [7, 11) is 1.62. The molecule has 1 aromatic heterocycles. The van der Waals surface area contributed by atoms with Gasteiger partial charge in [0.2, 0.25) is 5.91 Å². The third-order valence-electron chi connectivity index (χ3n) is 3.98. The number of hydrogen-bond donors (Lipinski definition) is 1. The quantitative estimate of drug-likeness (QED) is 0.390. The van der Waals surface area contributed by atoms with Gasteiger partial charge in [-0.3, -0.25) is 9.36 Å². The molecule has 152 valence electrons. The van der Waals surface area contributed by atoms with Crippen molar-refractivity contribution in [1.82, 2.24) is 20.1 Å². The lowest BCUT2D eigenvalue weighted by Crippen LogP contribution is -2.27. The monoisotopic (exact) mass is 432 g/mol. The van der Waals surface area contributed by atoms with E-state index in [4.69, 9.17) is 4.74 Å². The first-order valence-corrected chi connectivity index (χ1v) is 11.1. The van der Waals surface area contributed by atoms with E-state index in [1.807, 2.05) is 34.9 Å². The maximum absolute atomic E-state index is 13.6. The molecule has 6 nitrogen and oxygen atoms in total. The van der Waals surface area contributed by atoms with Gasteiger partial charge in [0.15, 0.2) is 5.16 Å². The number of thioether (sulfide) groups is 2. The van der Waals surface area contributed by atoms with Crippen LogP contribution < -0.4 is 10.1 Å². The van der Waals surface area contributed by atoms with Gasteiger partial charge in [-0.15, -0.1) is 10.2 Å². The molecule has 0 aliphatic rings. The van der Waals surface area contributed by atoms with E-state index in [0.29, 0.717) is 28.8 Å². The molecule has 9 heteroatoms. The predicted octanol–water partition coefficient (Wildman–Crippen LogP) is 3.56. The Morgan fingerprint density at radius 3 is 2.76 bits per heavy atom. The van der Waals surface area contributed by atoms with E-state index in [0.717, 1.165) is 11.4 Å². The van der Waals surface area contributed by atoms with E-state index >= 15 is 0 Å². The van der Waals surface area contributed by atoms with Gasteiger partial charge in [-0.05, 0) is 35.9 Å². The summed E-state index contributed by atoms with van der Waals surface area (Å²) in [6, 6.07) is 14.2. The smallest absolute Gasteiger partial charge is 0.230 e. The highest BCUT2D eigenvalue weighted by Crippen LogP contribution is 2.21. The number of halogens is 1. The Labute approximate surface area is 177 Å².